The Labute approximate surface area is 113 Å². The quantitative estimate of drug-likeness (QED) is 0.865. The first-order valence-electron chi connectivity index (χ1n) is 6.41. The summed E-state index contributed by atoms with van der Waals surface area (Å²) in [5.74, 6) is -0.0726. The van der Waals surface area contributed by atoms with Crippen LogP contribution in [-0.2, 0) is 6.42 Å². The maximum Gasteiger partial charge on any atom is 0.255 e. The van der Waals surface area contributed by atoms with Crippen LogP contribution in [0.4, 0.5) is 0 Å². The van der Waals surface area contributed by atoms with E-state index in [1.54, 1.807) is 18.3 Å². The van der Waals surface area contributed by atoms with Crippen molar-refractivity contribution in [2.24, 2.45) is 0 Å². The van der Waals surface area contributed by atoms with Crippen LogP contribution in [0, 0.1) is 0 Å². The molecule has 0 aromatic heterocycles. The number of allylic oxidation sites excluding steroid dienone is 1. The smallest absolute Gasteiger partial charge is 0.255 e. The second-order valence-electron chi connectivity index (χ2n) is 4.27. The summed E-state index contributed by atoms with van der Waals surface area (Å²) in [5, 5.41) is 2.77. The van der Waals surface area contributed by atoms with Gasteiger partial charge < -0.3 is 5.32 Å². The number of benzene rings is 2. The van der Waals surface area contributed by atoms with E-state index in [2.05, 4.69) is 17.4 Å². The zero-order chi connectivity index (χ0) is 13.3. The van der Waals surface area contributed by atoms with Gasteiger partial charge in [-0.1, -0.05) is 54.6 Å². The molecule has 0 atom stereocenters. The van der Waals surface area contributed by atoms with Crippen LogP contribution in [0.2, 0.25) is 0 Å². The van der Waals surface area contributed by atoms with Gasteiger partial charge >= 0.3 is 0 Å². The van der Waals surface area contributed by atoms with Crippen LogP contribution in [0.25, 0.3) is 0 Å². The summed E-state index contributed by atoms with van der Waals surface area (Å²) in [5.41, 5.74) is 1.98. The van der Waals surface area contributed by atoms with Crippen molar-refractivity contribution < 1.29 is 4.79 Å². The van der Waals surface area contributed by atoms with Crippen LogP contribution in [0.5, 0.6) is 0 Å². The molecule has 1 N–H and O–H groups in total. The maximum atomic E-state index is 11.7. The Kier molecular flexibility index (Phi) is 4.94. The van der Waals surface area contributed by atoms with E-state index in [1.165, 1.54) is 5.56 Å². The fraction of sp³-hybridized carbons (Fsp3) is 0.118. The van der Waals surface area contributed by atoms with Gasteiger partial charge in [-0.05, 0) is 30.5 Å². The molecule has 2 rings (SSSR count). The van der Waals surface area contributed by atoms with Crippen LogP contribution in [0.15, 0.2) is 72.9 Å². The molecule has 2 aromatic carbocycles. The van der Waals surface area contributed by atoms with Crippen molar-refractivity contribution in [2.45, 2.75) is 12.8 Å². The monoisotopic (exact) mass is 251 g/mol. The van der Waals surface area contributed by atoms with Crippen LogP contribution in [0.1, 0.15) is 22.3 Å². The molecule has 0 aliphatic heterocycles. The minimum Gasteiger partial charge on any atom is -0.329 e. The van der Waals surface area contributed by atoms with Gasteiger partial charge in [0.25, 0.3) is 5.91 Å². The summed E-state index contributed by atoms with van der Waals surface area (Å²) >= 11 is 0. The Morgan fingerprint density at radius 2 is 1.58 bits per heavy atom. The van der Waals surface area contributed by atoms with E-state index in [0.29, 0.717) is 5.56 Å². The van der Waals surface area contributed by atoms with Gasteiger partial charge in [-0.2, -0.15) is 0 Å². The number of amides is 1. The lowest BCUT2D eigenvalue weighted by atomic mass is 10.1. The van der Waals surface area contributed by atoms with Crippen molar-refractivity contribution in [2.75, 3.05) is 0 Å². The average molecular weight is 251 g/mol. The molecule has 0 fully saturated rings. The zero-order valence-corrected chi connectivity index (χ0v) is 10.8. The van der Waals surface area contributed by atoms with E-state index >= 15 is 0 Å². The zero-order valence-electron chi connectivity index (χ0n) is 10.8. The van der Waals surface area contributed by atoms with E-state index in [-0.39, 0.29) is 5.91 Å². The number of nitrogens with one attached hydrogen (secondary N) is 1. The summed E-state index contributed by atoms with van der Waals surface area (Å²) < 4.78 is 0. The lowest BCUT2D eigenvalue weighted by molar-refractivity contribution is 0.0970. The van der Waals surface area contributed by atoms with Crippen LogP contribution < -0.4 is 5.32 Å². The Morgan fingerprint density at radius 1 is 0.947 bits per heavy atom. The predicted octanol–water partition coefficient (Wildman–Crippen LogP) is 3.56. The Bertz CT molecular complexity index is 532. The molecule has 0 heterocycles. The summed E-state index contributed by atoms with van der Waals surface area (Å²) in [4.78, 5) is 11.7. The Balaban J connectivity index is 1.74. The second-order valence-corrected chi connectivity index (χ2v) is 4.27. The molecule has 2 heteroatoms. The standard InChI is InChI=1S/C17H17NO/c19-17(16-12-5-2-6-13-16)18-14-8-7-11-15-9-3-1-4-10-15/h1-6,8-10,12-14H,7,11H2,(H,18,19)/b14-8-. The fourth-order valence-corrected chi connectivity index (χ4v) is 1.79. The molecular formula is C17H17NO. The van der Waals surface area contributed by atoms with Gasteiger partial charge in [0.05, 0.1) is 0 Å². The van der Waals surface area contributed by atoms with Crippen LogP contribution in [-0.4, -0.2) is 5.91 Å². The van der Waals surface area contributed by atoms with Crippen molar-refractivity contribution in [3.05, 3.63) is 84.1 Å². The summed E-state index contributed by atoms with van der Waals surface area (Å²) in [6.07, 6.45) is 5.60. The average Bonchev–Trinajstić information content (AvgIpc) is 2.49. The van der Waals surface area contributed by atoms with E-state index in [1.807, 2.05) is 42.5 Å². The maximum absolute atomic E-state index is 11.7. The highest BCUT2D eigenvalue weighted by Gasteiger charge is 2.00. The third-order valence-electron chi connectivity index (χ3n) is 2.81. The number of hydrogen-bond acceptors (Lipinski definition) is 1. The normalized spacial score (nSPS) is 10.5. The van der Waals surface area contributed by atoms with Crippen molar-refractivity contribution in [3.8, 4) is 0 Å². The second kappa shape index (κ2) is 7.17. The van der Waals surface area contributed by atoms with Crippen LogP contribution in [0.3, 0.4) is 0 Å². The highest BCUT2D eigenvalue weighted by atomic mass is 16.1. The van der Waals surface area contributed by atoms with Crippen molar-refractivity contribution in [1.29, 1.82) is 0 Å². The third kappa shape index (κ3) is 4.43. The molecule has 0 saturated carbocycles. The number of carbonyl (C=O) groups excluding carboxylic acids is 1. The molecule has 0 bridgehead atoms. The molecule has 0 aliphatic carbocycles. The summed E-state index contributed by atoms with van der Waals surface area (Å²) in [6, 6.07) is 19.5. The number of aryl methyl sites for hydroxylation is 1. The highest BCUT2D eigenvalue weighted by molar-refractivity contribution is 5.94. The lowest BCUT2D eigenvalue weighted by Crippen LogP contribution is -2.16. The van der Waals surface area contributed by atoms with E-state index in [0.717, 1.165) is 12.8 Å². The van der Waals surface area contributed by atoms with Crippen molar-refractivity contribution in [1.82, 2.24) is 5.32 Å². The summed E-state index contributed by atoms with van der Waals surface area (Å²) in [6.45, 7) is 0. The lowest BCUT2D eigenvalue weighted by Gasteiger charge is -1.99. The van der Waals surface area contributed by atoms with Gasteiger partial charge in [-0.25, -0.2) is 0 Å². The first-order chi connectivity index (χ1) is 9.36. The topological polar surface area (TPSA) is 29.1 Å². The third-order valence-corrected chi connectivity index (χ3v) is 2.81. The van der Waals surface area contributed by atoms with Gasteiger partial charge in [0.1, 0.15) is 0 Å². The van der Waals surface area contributed by atoms with E-state index in [4.69, 9.17) is 0 Å². The molecule has 0 radical (unpaired) electrons. The SMILES string of the molecule is O=C(N/C=C\CCc1ccccc1)c1ccccc1. The Morgan fingerprint density at radius 3 is 2.26 bits per heavy atom. The summed E-state index contributed by atoms with van der Waals surface area (Å²) in [7, 11) is 0. The number of carbonyl (C=O) groups is 1. The van der Waals surface area contributed by atoms with Gasteiger partial charge in [0, 0.05) is 11.8 Å². The fourth-order valence-electron chi connectivity index (χ4n) is 1.79. The molecule has 2 nitrogen and oxygen atoms in total. The molecule has 2 aromatic rings. The number of rotatable bonds is 5. The van der Waals surface area contributed by atoms with E-state index < -0.39 is 0 Å². The minimum absolute atomic E-state index is 0.0726. The largest absolute Gasteiger partial charge is 0.329 e. The molecule has 0 unspecified atom stereocenters. The van der Waals surface area contributed by atoms with Gasteiger partial charge in [0.2, 0.25) is 0 Å². The van der Waals surface area contributed by atoms with Crippen molar-refractivity contribution in [3.63, 3.8) is 0 Å². The van der Waals surface area contributed by atoms with Crippen molar-refractivity contribution >= 4 is 5.91 Å². The van der Waals surface area contributed by atoms with Gasteiger partial charge in [-0.15, -0.1) is 0 Å². The Hall–Kier alpha value is -2.35. The van der Waals surface area contributed by atoms with Crippen LogP contribution >= 0.6 is 0 Å². The van der Waals surface area contributed by atoms with Gasteiger partial charge in [-0.3, -0.25) is 4.79 Å². The molecule has 96 valence electrons. The predicted molar refractivity (Wildman–Crippen MR) is 77.8 cm³/mol. The highest BCUT2D eigenvalue weighted by Crippen LogP contribution is 2.02. The molecule has 19 heavy (non-hydrogen) atoms. The minimum atomic E-state index is -0.0726. The molecular weight excluding hydrogens is 234 g/mol. The molecule has 0 saturated heterocycles. The molecule has 0 spiro atoms. The number of hydrogen-bond donors (Lipinski definition) is 1. The van der Waals surface area contributed by atoms with E-state index in [9.17, 15) is 4.79 Å². The molecule has 0 aliphatic rings. The first kappa shape index (κ1) is 13.1. The molecule has 1 amide bonds. The first-order valence-corrected chi connectivity index (χ1v) is 6.41. The van der Waals surface area contributed by atoms with Gasteiger partial charge in [0.15, 0.2) is 0 Å².